The first-order valence-corrected chi connectivity index (χ1v) is 7.21. The molecule has 1 unspecified atom stereocenters. The van der Waals surface area contributed by atoms with Crippen molar-refractivity contribution in [2.24, 2.45) is 0 Å². The molecule has 4 heteroatoms. The summed E-state index contributed by atoms with van der Waals surface area (Å²) in [6, 6.07) is 11.8. The highest BCUT2D eigenvalue weighted by Crippen LogP contribution is 2.32. The molecule has 0 saturated carbocycles. The number of methoxy groups -OCH3 is 1. The van der Waals surface area contributed by atoms with Crippen molar-refractivity contribution in [2.45, 2.75) is 12.5 Å². The topological polar surface area (TPSA) is 34.6 Å². The van der Waals surface area contributed by atoms with E-state index in [9.17, 15) is 0 Å². The van der Waals surface area contributed by atoms with Crippen molar-refractivity contribution in [1.29, 1.82) is 0 Å². The molecule has 1 aliphatic rings. The van der Waals surface area contributed by atoms with E-state index in [1.54, 1.807) is 13.3 Å². The van der Waals surface area contributed by atoms with Crippen LogP contribution in [0.4, 0.5) is 0 Å². The Hall–Kier alpha value is -2.07. The molecule has 0 radical (unpaired) electrons. The smallest absolute Gasteiger partial charge is 0.131 e. The van der Waals surface area contributed by atoms with Gasteiger partial charge in [-0.1, -0.05) is 6.07 Å². The van der Waals surface area contributed by atoms with E-state index in [1.807, 2.05) is 36.4 Å². The largest absolute Gasteiger partial charge is 0.496 e. The van der Waals surface area contributed by atoms with Crippen LogP contribution < -0.4 is 9.47 Å². The van der Waals surface area contributed by atoms with Gasteiger partial charge >= 0.3 is 0 Å². The average molecular weight is 284 g/mol. The molecule has 2 aromatic rings. The number of ether oxygens (including phenoxy) is 2. The van der Waals surface area contributed by atoms with Gasteiger partial charge in [-0.2, -0.15) is 0 Å². The Morgan fingerprint density at radius 3 is 2.81 bits per heavy atom. The third kappa shape index (κ3) is 3.16. The molecule has 1 fully saturated rings. The molecule has 21 heavy (non-hydrogen) atoms. The first-order valence-electron chi connectivity index (χ1n) is 7.21. The van der Waals surface area contributed by atoms with E-state index >= 15 is 0 Å². The van der Waals surface area contributed by atoms with E-state index in [0.717, 1.165) is 42.3 Å². The van der Waals surface area contributed by atoms with Crippen LogP contribution in [0.2, 0.25) is 0 Å². The summed E-state index contributed by atoms with van der Waals surface area (Å²) in [4.78, 5) is 6.65. The van der Waals surface area contributed by atoms with Crippen molar-refractivity contribution in [1.82, 2.24) is 9.88 Å². The molecule has 0 spiro atoms. The second-order valence-electron chi connectivity index (χ2n) is 5.37. The molecule has 1 atom stereocenters. The maximum absolute atomic E-state index is 6.04. The van der Waals surface area contributed by atoms with Crippen LogP contribution in [0, 0.1) is 0 Å². The van der Waals surface area contributed by atoms with Crippen LogP contribution in [0.25, 0.3) is 11.3 Å². The normalized spacial score (nSPS) is 18.7. The van der Waals surface area contributed by atoms with Crippen LogP contribution in [0.5, 0.6) is 11.5 Å². The van der Waals surface area contributed by atoms with Gasteiger partial charge in [0.1, 0.15) is 17.6 Å². The zero-order valence-electron chi connectivity index (χ0n) is 12.5. The van der Waals surface area contributed by atoms with E-state index in [2.05, 4.69) is 16.9 Å². The van der Waals surface area contributed by atoms with Gasteiger partial charge in [-0.15, -0.1) is 0 Å². The van der Waals surface area contributed by atoms with Gasteiger partial charge in [0.2, 0.25) is 0 Å². The number of likely N-dealkylation sites (N-methyl/N-ethyl adjacent to an activating group) is 1. The quantitative estimate of drug-likeness (QED) is 0.864. The predicted molar refractivity (Wildman–Crippen MR) is 82.8 cm³/mol. The summed E-state index contributed by atoms with van der Waals surface area (Å²) in [6.07, 6.45) is 3.12. The second-order valence-corrected chi connectivity index (χ2v) is 5.37. The number of pyridine rings is 1. The second kappa shape index (κ2) is 6.14. The van der Waals surface area contributed by atoms with Gasteiger partial charge in [-0.3, -0.25) is 4.98 Å². The summed E-state index contributed by atoms with van der Waals surface area (Å²) >= 11 is 0. The lowest BCUT2D eigenvalue weighted by Crippen LogP contribution is -2.21. The lowest BCUT2D eigenvalue weighted by Gasteiger charge is -2.16. The number of aromatic nitrogens is 1. The van der Waals surface area contributed by atoms with E-state index in [0.29, 0.717) is 0 Å². The monoisotopic (exact) mass is 284 g/mol. The Kier molecular flexibility index (Phi) is 4.06. The highest BCUT2D eigenvalue weighted by molar-refractivity contribution is 5.68. The van der Waals surface area contributed by atoms with Crippen LogP contribution in [0.15, 0.2) is 42.6 Å². The first-order chi connectivity index (χ1) is 10.3. The maximum Gasteiger partial charge on any atom is 0.131 e. The summed E-state index contributed by atoms with van der Waals surface area (Å²) in [6.45, 7) is 2.07. The molecule has 1 saturated heterocycles. The summed E-state index contributed by atoms with van der Waals surface area (Å²) in [5.41, 5.74) is 1.88. The third-order valence-electron chi connectivity index (χ3n) is 3.76. The molecule has 1 aromatic carbocycles. The Bertz CT molecular complexity index is 601. The fraction of sp³-hybridized carbons (Fsp3) is 0.353. The number of rotatable bonds is 4. The van der Waals surface area contributed by atoms with Crippen molar-refractivity contribution >= 4 is 0 Å². The predicted octanol–water partition coefficient (Wildman–Crippen LogP) is 2.84. The van der Waals surface area contributed by atoms with Crippen LogP contribution in [0.3, 0.4) is 0 Å². The van der Waals surface area contributed by atoms with Crippen LogP contribution in [-0.2, 0) is 0 Å². The molecular formula is C17H20N2O2. The number of hydrogen-bond acceptors (Lipinski definition) is 4. The van der Waals surface area contributed by atoms with Crippen molar-refractivity contribution in [3.8, 4) is 22.8 Å². The molecule has 0 amide bonds. The van der Waals surface area contributed by atoms with Crippen LogP contribution >= 0.6 is 0 Å². The Balaban J connectivity index is 1.82. The molecule has 1 aliphatic heterocycles. The average Bonchev–Trinajstić information content (AvgIpc) is 2.93. The van der Waals surface area contributed by atoms with Gasteiger partial charge in [0.15, 0.2) is 0 Å². The SMILES string of the molecule is COc1cc(OC2CCN(C)C2)ccc1-c1ccccn1. The summed E-state index contributed by atoms with van der Waals surface area (Å²) < 4.78 is 11.5. The molecule has 2 heterocycles. The molecule has 0 N–H and O–H groups in total. The minimum atomic E-state index is 0.264. The molecule has 1 aromatic heterocycles. The fourth-order valence-electron chi connectivity index (χ4n) is 2.66. The van der Waals surface area contributed by atoms with Gasteiger partial charge in [-0.25, -0.2) is 0 Å². The van der Waals surface area contributed by atoms with Gasteiger partial charge in [0, 0.05) is 30.9 Å². The highest BCUT2D eigenvalue weighted by atomic mass is 16.5. The summed E-state index contributed by atoms with van der Waals surface area (Å²) in [5, 5.41) is 0. The van der Waals surface area contributed by atoms with Crippen molar-refractivity contribution in [3.63, 3.8) is 0 Å². The Labute approximate surface area is 125 Å². The van der Waals surface area contributed by atoms with Gasteiger partial charge in [-0.05, 0) is 37.7 Å². The molecule has 0 aliphatic carbocycles. The number of likely N-dealkylation sites (tertiary alicyclic amines) is 1. The highest BCUT2D eigenvalue weighted by Gasteiger charge is 2.21. The van der Waals surface area contributed by atoms with E-state index < -0.39 is 0 Å². The Morgan fingerprint density at radius 1 is 1.24 bits per heavy atom. The minimum absolute atomic E-state index is 0.264. The fourth-order valence-corrected chi connectivity index (χ4v) is 2.66. The summed E-state index contributed by atoms with van der Waals surface area (Å²) in [7, 11) is 3.79. The molecular weight excluding hydrogens is 264 g/mol. The maximum atomic E-state index is 6.04. The van der Waals surface area contributed by atoms with Crippen LogP contribution in [0.1, 0.15) is 6.42 Å². The van der Waals surface area contributed by atoms with E-state index in [-0.39, 0.29) is 6.10 Å². The van der Waals surface area contributed by atoms with Gasteiger partial charge in [0.25, 0.3) is 0 Å². The molecule has 3 rings (SSSR count). The zero-order chi connectivity index (χ0) is 14.7. The summed E-state index contributed by atoms with van der Waals surface area (Å²) in [5.74, 6) is 1.64. The third-order valence-corrected chi connectivity index (χ3v) is 3.76. The first kappa shape index (κ1) is 13.9. The number of benzene rings is 1. The van der Waals surface area contributed by atoms with Crippen LogP contribution in [-0.4, -0.2) is 43.2 Å². The van der Waals surface area contributed by atoms with Crippen molar-refractivity contribution < 1.29 is 9.47 Å². The zero-order valence-corrected chi connectivity index (χ0v) is 12.5. The lowest BCUT2D eigenvalue weighted by molar-refractivity contribution is 0.207. The lowest BCUT2D eigenvalue weighted by atomic mass is 10.1. The minimum Gasteiger partial charge on any atom is -0.496 e. The Morgan fingerprint density at radius 2 is 2.14 bits per heavy atom. The molecule has 0 bridgehead atoms. The van der Waals surface area contributed by atoms with Crippen molar-refractivity contribution in [3.05, 3.63) is 42.6 Å². The van der Waals surface area contributed by atoms with E-state index in [1.165, 1.54) is 0 Å². The molecule has 110 valence electrons. The number of nitrogens with zero attached hydrogens (tertiary/aromatic N) is 2. The van der Waals surface area contributed by atoms with Gasteiger partial charge < -0.3 is 14.4 Å². The van der Waals surface area contributed by atoms with Gasteiger partial charge in [0.05, 0.1) is 12.8 Å². The number of hydrogen-bond donors (Lipinski definition) is 0. The standard InChI is InChI=1S/C17H20N2O2/c1-19-10-8-14(12-19)21-13-6-7-15(17(11-13)20-2)16-5-3-4-9-18-16/h3-7,9,11,14H,8,10,12H2,1-2H3. The molecule has 4 nitrogen and oxygen atoms in total. The van der Waals surface area contributed by atoms with E-state index in [4.69, 9.17) is 9.47 Å². The van der Waals surface area contributed by atoms with Crippen molar-refractivity contribution in [2.75, 3.05) is 27.2 Å².